The summed E-state index contributed by atoms with van der Waals surface area (Å²) in [5, 5.41) is 0. The van der Waals surface area contributed by atoms with Gasteiger partial charge in [-0.25, -0.2) is 9.97 Å². The molecule has 0 unspecified atom stereocenters. The Bertz CT molecular complexity index is 824. The Morgan fingerprint density at radius 1 is 1.05 bits per heavy atom. The van der Waals surface area contributed by atoms with E-state index in [0.717, 1.165) is 11.6 Å². The number of imidazole rings is 1. The Kier molecular flexibility index (Phi) is 3.16. The lowest BCUT2D eigenvalue weighted by molar-refractivity contribution is -0.141. The summed E-state index contributed by atoms with van der Waals surface area (Å²) in [5.74, 6) is 0.530. The normalized spacial score (nSPS) is 12.0. The average Bonchev–Trinajstić information content (AvgIpc) is 2.75. The van der Waals surface area contributed by atoms with E-state index in [9.17, 15) is 13.2 Å². The standard InChI is InChI=1S/C14H10F3N3S/c1-20-12(8-4-2-3-5-10(8)21)18-9-6-7-11(14(15,16)17)19-13(9)20/h2-7,21H,1H3. The van der Waals surface area contributed by atoms with Crippen LogP contribution < -0.4 is 0 Å². The van der Waals surface area contributed by atoms with Gasteiger partial charge in [0, 0.05) is 17.5 Å². The average molecular weight is 309 g/mol. The number of pyridine rings is 1. The smallest absolute Gasteiger partial charge is 0.312 e. The fraction of sp³-hybridized carbons (Fsp3) is 0.143. The van der Waals surface area contributed by atoms with Crippen LogP contribution in [0, 0.1) is 0 Å². The fourth-order valence-corrected chi connectivity index (χ4v) is 2.39. The molecule has 0 radical (unpaired) electrons. The van der Waals surface area contributed by atoms with Crippen molar-refractivity contribution in [3.8, 4) is 11.4 Å². The molecular weight excluding hydrogens is 299 g/mol. The molecule has 0 fully saturated rings. The maximum Gasteiger partial charge on any atom is 0.433 e. The second-order valence-corrected chi connectivity index (χ2v) is 5.03. The number of aryl methyl sites for hydroxylation is 1. The molecule has 1 aromatic carbocycles. The van der Waals surface area contributed by atoms with Crippen LogP contribution in [0.5, 0.6) is 0 Å². The number of aromatic nitrogens is 3. The molecule has 0 N–H and O–H groups in total. The Morgan fingerprint density at radius 2 is 1.76 bits per heavy atom. The van der Waals surface area contributed by atoms with Gasteiger partial charge in [0.15, 0.2) is 5.65 Å². The lowest BCUT2D eigenvalue weighted by Crippen LogP contribution is -2.08. The number of fused-ring (bicyclic) bond motifs is 1. The van der Waals surface area contributed by atoms with Gasteiger partial charge in [-0.15, -0.1) is 12.6 Å². The lowest BCUT2D eigenvalue weighted by atomic mass is 10.2. The first kappa shape index (κ1) is 13.9. The van der Waals surface area contributed by atoms with Crippen molar-refractivity contribution < 1.29 is 13.2 Å². The molecule has 0 aliphatic rings. The molecule has 0 spiro atoms. The van der Waals surface area contributed by atoms with Gasteiger partial charge in [-0.05, 0) is 18.2 Å². The highest BCUT2D eigenvalue weighted by atomic mass is 32.1. The predicted molar refractivity (Wildman–Crippen MR) is 76.2 cm³/mol. The third kappa shape index (κ3) is 2.37. The summed E-state index contributed by atoms with van der Waals surface area (Å²) < 4.78 is 39.8. The van der Waals surface area contributed by atoms with Gasteiger partial charge in [-0.3, -0.25) is 0 Å². The molecule has 0 amide bonds. The number of halogens is 3. The minimum atomic E-state index is -4.47. The third-order valence-electron chi connectivity index (χ3n) is 3.15. The number of benzene rings is 1. The van der Waals surface area contributed by atoms with E-state index >= 15 is 0 Å². The molecule has 2 heterocycles. The molecule has 3 nitrogen and oxygen atoms in total. The van der Waals surface area contributed by atoms with Gasteiger partial charge < -0.3 is 4.57 Å². The zero-order chi connectivity index (χ0) is 15.2. The van der Waals surface area contributed by atoms with E-state index in [-0.39, 0.29) is 5.65 Å². The molecule has 0 bridgehead atoms. The van der Waals surface area contributed by atoms with Gasteiger partial charge in [0.2, 0.25) is 0 Å². The second-order valence-electron chi connectivity index (χ2n) is 4.55. The molecular formula is C14H10F3N3S. The maximum absolute atomic E-state index is 12.7. The first-order valence-corrected chi connectivity index (χ1v) is 6.51. The predicted octanol–water partition coefficient (Wildman–Crippen LogP) is 3.94. The van der Waals surface area contributed by atoms with Crippen LogP contribution in [0.3, 0.4) is 0 Å². The number of hydrogen-bond donors (Lipinski definition) is 1. The van der Waals surface area contributed by atoms with Crippen molar-refractivity contribution in [2.45, 2.75) is 11.1 Å². The number of hydrogen-bond acceptors (Lipinski definition) is 3. The highest BCUT2D eigenvalue weighted by Crippen LogP contribution is 2.31. The lowest BCUT2D eigenvalue weighted by Gasteiger charge is -2.06. The molecule has 2 aromatic heterocycles. The first-order valence-electron chi connectivity index (χ1n) is 6.07. The summed E-state index contributed by atoms with van der Waals surface area (Å²) in [7, 11) is 1.64. The first-order chi connectivity index (χ1) is 9.88. The molecule has 0 atom stereocenters. The van der Waals surface area contributed by atoms with E-state index in [4.69, 9.17) is 0 Å². The summed E-state index contributed by atoms with van der Waals surface area (Å²) in [6.07, 6.45) is -4.47. The highest BCUT2D eigenvalue weighted by Gasteiger charge is 2.33. The SMILES string of the molecule is Cn1c(-c2ccccc2S)nc2ccc(C(F)(F)F)nc21. The molecule has 0 aliphatic carbocycles. The van der Waals surface area contributed by atoms with Crippen molar-refractivity contribution in [1.29, 1.82) is 0 Å². The molecule has 3 rings (SSSR count). The van der Waals surface area contributed by atoms with Gasteiger partial charge in [0.25, 0.3) is 0 Å². The van der Waals surface area contributed by atoms with E-state index < -0.39 is 11.9 Å². The van der Waals surface area contributed by atoms with Crippen molar-refractivity contribution in [3.05, 3.63) is 42.1 Å². The van der Waals surface area contributed by atoms with Crippen LogP contribution in [0.15, 0.2) is 41.3 Å². The Balaban J connectivity index is 2.24. The number of nitrogens with zero attached hydrogens (tertiary/aromatic N) is 3. The van der Waals surface area contributed by atoms with Gasteiger partial charge >= 0.3 is 6.18 Å². The zero-order valence-corrected chi connectivity index (χ0v) is 11.8. The molecule has 0 saturated heterocycles. The molecule has 7 heteroatoms. The van der Waals surface area contributed by atoms with Crippen LogP contribution in [-0.2, 0) is 13.2 Å². The monoisotopic (exact) mass is 309 g/mol. The topological polar surface area (TPSA) is 30.7 Å². The van der Waals surface area contributed by atoms with E-state index in [1.54, 1.807) is 17.7 Å². The highest BCUT2D eigenvalue weighted by molar-refractivity contribution is 7.80. The van der Waals surface area contributed by atoms with Crippen molar-refractivity contribution >= 4 is 23.8 Å². The van der Waals surface area contributed by atoms with Crippen LogP contribution in [0.1, 0.15) is 5.69 Å². The Labute approximate surface area is 123 Å². The molecule has 3 aromatic rings. The van der Waals surface area contributed by atoms with E-state index in [0.29, 0.717) is 16.2 Å². The molecule has 0 saturated carbocycles. The zero-order valence-electron chi connectivity index (χ0n) is 10.9. The van der Waals surface area contributed by atoms with Crippen LogP contribution >= 0.6 is 12.6 Å². The molecule has 108 valence electrons. The maximum atomic E-state index is 12.7. The minimum Gasteiger partial charge on any atom is -0.312 e. The van der Waals surface area contributed by atoms with E-state index in [2.05, 4.69) is 22.6 Å². The minimum absolute atomic E-state index is 0.191. The Morgan fingerprint density at radius 3 is 2.43 bits per heavy atom. The van der Waals surface area contributed by atoms with Crippen molar-refractivity contribution in [2.75, 3.05) is 0 Å². The number of thiol groups is 1. The van der Waals surface area contributed by atoms with Crippen LogP contribution in [0.25, 0.3) is 22.6 Å². The summed E-state index contributed by atoms with van der Waals surface area (Å²) in [6, 6.07) is 9.53. The summed E-state index contributed by atoms with van der Waals surface area (Å²) in [6.45, 7) is 0. The Hall–Kier alpha value is -2.02. The molecule has 0 aliphatic heterocycles. The van der Waals surface area contributed by atoms with E-state index in [1.165, 1.54) is 6.07 Å². The quantitative estimate of drug-likeness (QED) is 0.690. The summed E-state index contributed by atoms with van der Waals surface area (Å²) >= 11 is 4.35. The van der Waals surface area contributed by atoms with Gasteiger partial charge in [-0.1, -0.05) is 18.2 Å². The van der Waals surface area contributed by atoms with Gasteiger partial charge in [-0.2, -0.15) is 13.2 Å². The number of rotatable bonds is 1. The molecule has 21 heavy (non-hydrogen) atoms. The second kappa shape index (κ2) is 4.77. The van der Waals surface area contributed by atoms with Crippen LogP contribution in [0.2, 0.25) is 0 Å². The van der Waals surface area contributed by atoms with Gasteiger partial charge in [0.05, 0.1) is 0 Å². The van der Waals surface area contributed by atoms with Gasteiger partial charge in [0.1, 0.15) is 17.0 Å². The van der Waals surface area contributed by atoms with Crippen LogP contribution in [-0.4, -0.2) is 14.5 Å². The van der Waals surface area contributed by atoms with E-state index in [1.807, 2.05) is 18.2 Å². The number of alkyl halides is 3. The summed E-state index contributed by atoms with van der Waals surface area (Å²) in [5.41, 5.74) is 0.423. The third-order valence-corrected chi connectivity index (χ3v) is 3.54. The van der Waals surface area contributed by atoms with Crippen LogP contribution in [0.4, 0.5) is 13.2 Å². The largest absolute Gasteiger partial charge is 0.433 e. The summed E-state index contributed by atoms with van der Waals surface area (Å²) in [4.78, 5) is 8.72. The van der Waals surface area contributed by atoms with Crippen molar-refractivity contribution in [3.63, 3.8) is 0 Å². The fourth-order valence-electron chi connectivity index (χ4n) is 2.13. The van der Waals surface area contributed by atoms with Crippen molar-refractivity contribution in [1.82, 2.24) is 14.5 Å². The van der Waals surface area contributed by atoms with Crippen molar-refractivity contribution in [2.24, 2.45) is 7.05 Å².